The van der Waals surface area contributed by atoms with E-state index in [9.17, 15) is 4.79 Å². The molecule has 1 amide bonds. The molecule has 0 spiro atoms. The van der Waals surface area contributed by atoms with Gasteiger partial charge < -0.3 is 4.90 Å². The molecule has 0 radical (unpaired) electrons. The Bertz CT molecular complexity index is 446. The predicted octanol–water partition coefficient (Wildman–Crippen LogP) is 3.72. The van der Waals surface area contributed by atoms with Crippen molar-refractivity contribution in [3.8, 4) is 12.3 Å². The number of terminal acetylenes is 1. The fourth-order valence-electron chi connectivity index (χ4n) is 2.09. The lowest BCUT2D eigenvalue weighted by Crippen LogP contribution is -2.37. The maximum absolute atomic E-state index is 12.5. The molecule has 0 bridgehead atoms. The number of benzene rings is 1. The molecule has 0 aliphatic rings. The van der Waals surface area contributed by atoms with Crippen LogP contribution in [0.2, 0.25) is 0 Å². The van der Waals surface area contributed by atoms with Gasteiger partial charge in [0.1, 0.15) is 0 Å². The highest BCUT2D eigenvalue weighted by Crippen LogP contribution is 2.14. The number of amides is 1. The van der Waals surface area contributed by atoms with Crippen LogP contribution in [-0.2, 0) is 11.3 Å². The van der Waals surface area contributed by atoms with Crippen molar-refractivity contribution in [3.63, 3.8) is 0 Å². The molecule has 108 valence electrons. The van der Waals surface area contributed by atoms with Gasteiger partial charge >= 0.3 is 0 Å². The zero-order chi connectivity index (χ0) is 15.0. The molecule has 2 nitrogen and oxygen atoms in total. The number of carbonyl (C=O) groups is 1. The second-order valence-corrected chi connectivity index (χ2v) is 5.29. The van der Waals surface area contributed by atoms with E-state index in [0.29, 0.717) is 13.1 Å². The van der Waals surface area contributed by atoms with Gasteiger partial charge in [-0.15, -0.1) is 12.3 Å². The molecular weight excluding hydrogens is 246 g/mol. The number of rotatable bonds is 7. The molecule has 1 rings (SSSR count). The van der Waals surface area contributed by atoms with Crippen molar-refractivity contribution in [1.29, 1.82) is 0 Å². The Kier molecular flexibility index (Phi) is 6.87. The zero-order valence-corrected chi connectivity index (χ0v) is 12.8. The lowest BCUT2D eigenvalue weighted by atomic mass is 10.0. The van der Waals surface area contributed by atoms with Gasteiger partial charge in [0.2, 0.25) is 5.91 Å². The zero-order valence-electron chi connectivity index (χ0n) is 12.8. The van der Waals surface area contributed by atoms with E-state index in [1.165, 1.54) is 0 Å². The summed E-state index contributed by atoms with van der Waals surface area (Å²) in [6.07, 6.45) is 7.30. The maximum Gasteiger partial charge on any atom is 0.225 e. The van der Waals surface area contributed by atoms with Gasteiger partial charge in [-0.1, -0.05) is 51.1 Å². The van der Waals surface area contributed by atoms with Crippen LogP contribution in [0.15, 0.2) is 30.3 Å². The molecule has 2 heteroatoms. The summed E-state index contributed by atoms with van der Waals surface area (Å²) in [6, 6.07) is 10.1. The molecule has 0 heterocycles. The van der Waals surface area contributed by atoms with Crippen LogP contribution in [0.1, 0.15) is 39.2 Å². The van der Waals surface area contributed by atoms with Crippen molar-refractivity contribution >= 4 is 5.91 Å². The number of carbonyl (C=O) groups excluding carboxylic acids is 1. The Balaban J connectivity index is 2.84. The van der Waals surface area contributed by atoms with Crippen LogP contribution in [0.4, 0.5) is 0 Å². The van der Waals surface area contributed by atoms with Crippen LogP contribution in [0.5, 0.6) is 0 Å². The summed E-state index contributed by atoms with van der Waals surface area (Å²) in [7, 11) is 0. The minimum absolute atomic E-state index is 0.0500. The van der Waals surface area contributed by atoms with Gasteiger partial charge in [0.05, 0.1) is 0 Å². The predicted molar refractivity (Wildman–Crippen MR) is 83.9 cm³/mol. The molecule has 2 atom stereocenters. The standard InChI is InChI=1S/C18H25NO/c1-5-15(4)18(20)19(13-16(6-2)7-3)14-17-11-9-8-10-12-17/h2,8-12,15-16H,5,7,13-14H2,1,3-4H3. The molecule has 2 unspecified atom stereocenters. The van der Waals surface area contributed by atoms with Crippen LogP contribution < -0.4 is 0 Å². The molecule has 20 heavy (non-hydrogen) atoms. The van der Waals surface area contributed by atoms with Gasteiger partial charge in [0, 0.05) is 24.9 Å². The molecule has 0 aliphatic heterocycles. The summed E-state index contributed by atoms with van der Waals surface area (Å²) >= 11 is 0. The first-order valence-corrected chi connectivity index (χ1v) is 7.41. The minimum atomic E-state index is 0.0500. The second-order valence-electron chi connectivity index (χ2n) is 5.29. The van der Waals surface area contributed by atoms with Gasteiger partial charge in [0.25, 0.3) is 0 Å². The quantitative estimate of drug-likeness (QED) is 0.692. The average molecular weight is 271 g/mol. The smallest absolute Gasteiger partial charge is 0.225 e. The molecular formula is C18H25NO. The average Bonchev–Trinajstić information content (AvgIpc) is 2.50. The first kappa shape index (κ1) is 16.3. The maximum atomic E-state index is 12.5. The number of hydrogen-bond donors (Lipinski definition) is 0. The van der Waals surface area contributed by atoms with E-state index in [0.717, 1.165) is 18.4 Å². The minimum Gasteiger partial charge on any atom is -0.337 e. The SMILES string of the molecule is C#CC(CC)CN(Cc1ccccc1)C(=O)C(C)CC. The second kappa shape index (κ2) is 8.43. The molecule has 1 aromatic carbocycles. The topological polar surface area (TPSA) is 20.3 Å². The molecule has 0 N–H and O–H groups in total. The third kappa shape index (κ3) is 4.74. The first-order chi connectivity index (χ1) is 9.62. The van der Waals surface area contributed by atoms with E-state index in [1.54, 1.807) is 0 Å². The van der Waals surface area contributed by atoms with Crippen LogP contribution in [0.25, 0.3) is 0 Å². The van der Waals surface area contributed by atoms with E-state index in [-0.39, 0.29) is 17.7 Å². The van der Waals surface area contributed by atoms with E-state index < -0.39 is 0 Å². The van der Waals surface area contributed by atoms with Crippen molar-refractivity contribution in [2.75, 3.05) is 6.54 Å². The van der Waals surface area contributed by atoms with Crippen molar-refractivity contribution in [2.24, 2.45) is 11.8 Å². The van der Waals surface area contributed by atoms with E-state index in [4.69, 9.17) is 6.42 Å². The molecule has 0 saturated carbocycles. The normalized spacial score (nSPS) is 13.3. The van der Waals surface area contributed by atoms with E-state index in [1.807, 2.05) is 49.1 Å². The third-order valence-electron chi connectivity index (χ3n) is 3.73. The third-order valence-corrected chi connectivity index (χ3v) is 3.73. The molecule has 0 aliphatic carbocycles. The molecule has 0 fully saturated rings. The van der Waals surface area contributed by atoms with Gasteiger partial charge in [-0.3, -0.25) is 4.79 Å². The van der Waals surface area contributed by atoms with Crippen LogP contribution in [0.3, 0.4) is 0 Å². The van der Waals surface area contributed by atoms with Crippen LogP contribution >= 0.6 is 0 Å². The van der Waals surface area contributed by atoms with Crippen molar-refractivity contribution < 1.29 is 4.79 Å². The Morgan fingerprint density at radius 3 is 2.40 bits per heavy atom. The number of hydrogen-bond acceptors (Lipinski definition) is 1. The van der Waals surface area contributed by atoms with E-state index in [2.05, 4.69) is 12.8 Å². The van der Waals surface area contributed by atoms with Gasteiger partial charge in [-0.2, -0.15) is 0 Å². The summed E-state index contributed by atoms with van der Waals surface area (Å²) in [6.45, 7) is 7.38. The lowest BCUT2D eigenvalue weighted by molar-refractivity contribution is -0.136. The fraction of sp³-hybridized carbons (Fsp3) is 0.500. The summed E-state index contributed by atoms with van der Waals surface area (Å²) in [5.74, 6) is 3.17. The highest BCUT2D eigenvalue weighted by atomic mass is 16.2. The summed E-state index contributed by atoms with van der Waals surface area (Å²) < 4.78 is 0. The fourth-order valence-corrected chi connectivity index (χ4v) is 2.09. The van der Waals surface area contributed by atoms with Crippen molar-refractivity contribution in [1.82, 2.24) is 4.90 Å². The first-order valence-electron chi connectivity index (χ1n) is 7.41. The number of nitrogens with zero attached hydrogens (tertiary/aromatic N) is 1. The van der Waals surface area contributed by atoms with Crippen LogP contribution in [0, 0.1) is 24.2 Å². The van der Waals surface area contributed by atoms with Gasteiger partial charge in [0.15, 0.2) is 0 Å². The van der Waals surface area contributed by atoms with Crippen LogP contribution in [-0.4, -0.2) is 17.4 Å². The summed E-state index contributed by atoms with van der Waals surface area (Å²) in [4.78, 5) is 14.4. The summed E-state index contributed by atoms with van der Waals surface area (Å²) in [5, 5.41) is 0. The summed E-state index contributed by atoms with van der Waals surface area (Å²) in [5.41, 5.74) is 1.15. The Labute approximate surface area is 123 Å². The highest BCUT2D eigenvalue weighted by molar-refractivity contribution is 5.78. The lowest BCUT2D eigenvalue weighted by Gasteiger charge is -2.27. The Morgan fingerprint density at radius 2 is 1.90 bits per heavy atom. The van der Waals surface area contributed by atoms with E-state index >= 15 is 0 Å². The van der Waals surface area contributed by atoms with Crippen molar-refractivity contribution in [2.45, 2.75) is 40.2 Å². The monoisotopic (exact) mass is 271 g/mol. The highest BCUT2D eigenvalue weighted by Gasteiger charge is 2.21. The van der Waals surface area contributed by atoms with Crippen molar-refractivity contribution in [3.05, 3.63) is 35.9 Å². The molecule has 0 aromatic heterocycles. The molecule has 1 aromatic rings. The molecule has 0 saturated heterocycles. The van der Waals surface area contributed by atoms with Gasteiger partial charge in [-0.05, 0) is 18.4 Å². The Hall–Kier alpha value is -1.75. The Morgan fingerprint density at radius 1 is 1.25 bits per heavy atom. The largest absolute Gasteiger partial charge is 0.337 e. The van der Waals surface area contributed by atoms with Gasteiger partial charge in [-0.25, -0.2) is 0 Å².